The molecular weight excluding hydrogens is 234 g/mol. The number of hydrogen-bond acceptors (Lipinski definition) is 5. The van der Waals surface area contributed by atoms with Gasteiger partial charge < -0.3 is 14.7 Å². The molecule has 1 N–H and O–H groups in total. The molecule has 0 aliphatic heterocycles. The Kier molecular flexibility index (Phi) is 4.88. The van der Waals surface area contributed by atoms with E-state index in [1.54, 1.807) is 24.9 Å². The molecule has 1 unspecified atom stereocenters. The van der Waals surface area contributed by atoms with E-state index in [0.29, 0.717) is 18.2 Å². The zero-order valence-electron chi connectivity index (χ0n) is 11.1. The lowest BCUT2D eigenvalue weighted by molar-refractivity contribution is -0.140. The second-order valence-electron chi connectivity index (χ2n) is 4.50. The van der Waals surface area contributed by atoms with E-state index >= 15 is 0 Å². The van der Waals surface area contributed by atoms with Crippen LogP contribution in [0.4, 0.5) is 5.82 Å². The van der Waals surface area contributed by atoms with Crippen molar-refractivity contribution in [3.8, 4) is 5.88 Å². The van der Waals surface area contributed by atoms with Gasteiger partial charge in [0.15, 0.2) is 0 Å². The number of anilines is 1. The van der Waals surface area contributed by atoms with E-state index in [4.69, 9.17) is 9.84 Å². The van der Waals surface area contributed by atoms with Crippen LogP contribution in [0.25, 0.3) is 0 Å². The summed E-state index contributed by atoms with van der Waals surface area (Å²) < 4.78 is 5.46. The Morgan fingerprint density at radius 1 is 1.44 bits per heavy atom. The van der Waals surface area contributed by atoms with Crippen molar-refractivity contribution in [2.75, 3.05) is 18.5 Å². The molecule has 18 heavy (non-hydrogen) atoms. The summed E-state index contributed by atoms with van der Waals surface area (Å²) in [7, 11) is 1.79. The topological polar surface area (TPSA) is 75.5 Å². The van der Waals surface area contributed by atoms with Gasteiger partial charge in [0, 0.05) is 19.7 Å². The summed E-state index contributed by atoms with van der Waals surface area (Å²) in [5.74, 6) is -0.146. The summed E-state index contributed by atoms with van der Waals surface area (Å²) in [5, 5.41) is 8.87. The first-order valence-electron chi connectivity index (χ1n) is 5.82. The van der Waals surface area contributed by atoms with Crippen molar-refractivity contribution >= 4 is 11.8 Å². The minimum atomic E-state index is -0.824. The van der Waals surface area contributed by atoms with Crippen LogP contribution in [-0.2, 0) is 4.79 Å². The third-order valence-corrected chi connectivity index (χ3v) is 2.34. The average Bonchev–Trinajstić information content (AvgIpc) is 2.28. The highest BCUT2D eigenvalue weighted by Gasteiger charge is 2.15. The lowest BCUT2D eigenvalue weighted by Gasteiger charge is -2.20. The second kappa shape index (κ2) is 6.18. The zero-order valence-corrected chi connectivity index (χ0v) is 11.1. The van der Waals surface area contributed by atoms with E-state index in [0.717, 1.165) is 0 Å². The van der Waals surface area contributed by atoms with Gasteiger partial charge in [0.2, 0.25) is 5.88 Å². The molecule has 0 bridgehead atoms. The van der Waals surface area contributed by atoms with E-state index in [2.05, 4.69) is 9.97 Å². The molecule has 6 heteroatoms. The van der Waals surface area contributed by atoms with Crippen LogP contribution in [0.5, 0.6) is 5.88 Å². The SMILES string of the molecule is CC(C)Oc1cc(N(C)CC(C)C(=O)O)ncn1. The van der Waals surface area contributed by atoms with Crippen LogP contribution in [0.1, 0.15) is 20.8 Å². The standard InChI is InChI=1S/C12H19N3O3/c1-8(2)18-11-5-10(13-7-14-11)15(4)6-9(3)12(16)17/h5,7-9H,6H2,1-4H3,(H,16,17). The quantitative estimate of drug-likeness (QED) is 0.826. The summed E-state index contributed by atoms with van der Waals surface area (Å²) in [4.78, 5) is 20.7. The molecule has 1 rings (SSSR count). The van der Waals surface area contributed by atoms with Gasteiger partial charge >= 0.3 is 5.97 Å². The normalized spacial score (nSPS) is 12.3. The fraction of sp³-hybridized carbons (Fsp3) is 0.583. The van der Waals surface area contributed by atoms with Crippen molar-refractivity contribution in [2.24, 2.45) is 5.92 Å². The van der Waals surface area contributed by atoms with E-state index in [9.17, 15) is 4.79 Å². The number of carboxylic acid groups (broad SMARTS) is 1. The molecule has 1 aromatic rings. The highest BCUT2D eigenvalue weighted by Crippen LogP contribution is 2.16. The minimum absolute atomic E-state index is 0.0380. The van der Waals surface area contributed by atoms with E-state index < -0.39 is 11.9 Å². The number of hydrogen-bond donors (Lipinski definition) is 1. The first-order valence-corrected chi connectivity index (χ1v) is 5.82. The number of carboxylic acids is 1. The Morgan fingerprint density at radius 2 is 2.11 bits per heavy atom. The Bertz CT molecular complexity index is 409. The molecule has 0 saturated carbocycles. The third kappa shape index (κ3) is 4.20. The highest BCUT2D eigenvalue weighted by molar-refractivity contribution is 5.70. The molecule has 1 heterocycles. The van der Waals surface area contributed by atoms with Crippen LogP contribution < -0.4 is 9.64 Å². The summed E-state index contributed by atoms with van der Waals surface area (Å²) in [5.41, 5.74) is 0. The predicted octanol–water partition coefficient (Wildman–Crippen LogP) is 1.42. The number of aliphatic carboxylic acids is 1. The van der Waals surface area contributed by atoms with Crippen molar-refractivity contribution < 1.29 is 14.6 Å². The molecule has 0 aliphatic carbocycles. The fourth-order valence-corrected chi connectivity index (χ4v) is 1.43. The number of aromatic nitrogens is 2. The second-order valence-corrected chi connectivity index (χ2v) is 4.50. The monoisotopic (exact) mass is 253 g/mol. The summed E-state index contributed by atoms with van der Waals surface area (Å²) >= 11 is 0. The maximum Gasteiger partial charge on any atom is 0.308 e. The Morgan fingerprint density at radius 3 is 2.67 bits per heavy atom. The van der Waals surface area contributed by atoms with Gasteiger partial charge in [-0.15, -0.1) is 0 Å². The molecule has 100 valence electrons. The Hall–Kier alpha value is -1.85. The molecule has 0 spiro atoms. The van der Waals surface area contributed by atoms with Gasteiger partial charge in [-0.2, -0.15) is 0 Å². The molecule has 0 aromatic carbocycles. The van der Waals surface area contributed by atoms with Gasteiger partial charge in [0.25, 0.3) is 0 Å². The molecule has 0 amide bonds. The Labute approximate surface area is 107 Å². The van der Waals surface area contributed by atoms with Crippen molar-refractivity contribution in [2.45, 2.75) is 26.9 Å². The van der Waals surface area contributed by atoms with Crippen molar-refractivity contribution in [1.82, 2.24) is 9.97 Å². The van der Waals surface area contributed by atoms with E-state index in [-0.39, 0.29) is 6.10 Å². The smallest absolute Gasteiger partial charge is 0.308 e. The van der Waals surface area contributed by atoms with Crippen LogP contribution in [-0.4, -0.2) is 40.7 Å². The van der Waals surface area contributed by atoms with Crippen molar-refractivity contribution in [3.05, 3.63) is 12.4 Å². The van der Waals surface area contributed by atoms with Gasteiger partial charge in [-0.05, 0) is 13.8 Å². The van der Waals surface area contributed by atoms with Crippen LogP contribution in [0.2, 0.25) is 0 Å². The Balaban J connectivity index is 2.73. The number of ether oxygens (including phenoxy) is 1. The minimum Gasteiger partial charge on any atom is -0.481 e. The predicted molar refractivity (Wildman–Crippen MR) is 67.9 cm³/mol. The van der Waals surface area contributed by atoms with Crippen LogP contribution in [0.15, 0.2) is 12.4 Å². The highest BCUT2D eigenvalue weighted by atomic mass is 16.5. The number of rotatable bonds is 6. The van der Waals surface area contributed by atoms with Crippen LogP contribution in [0, 0.1) is 5.92 Å². The third-order valence-electron chi connectivity index (χ3n) is 2.34. The lowest BCUT2D eigenvalue weighted by Crippen LogP contribution is -2.29. The number of nitrogens with zero attached hydrogens (tertiary/aromatic N) is 3. The molecule has 0 aliphatic rings. The van der Waals surface area contributed by atoms with E-state index in [1.165, 1.54) is 6.33 Å². The average molecular weight is 253 g/mol. The van der Waals surface area contributed by atoms with Gasteiger partial charge in [-0.3, -0.25) is 4.79 Å². The van der Waals surface area contributed by atoms with Gasteiger partial charge in [-0.25, -0.2) is 9.97 Å². The number of carbonyl (C=O) groups is 1. The summed E-state index contributed by atoms with van der Waals surface area (Å²) in [6.07, 6.45) is 1.45. The van der Waals surface area contributed by atoms with Crippen molar-refractivity contribution in [3.63, 3.8) is 0 Å². The maximum atomic E-state index is 10.8. The molecule has 6 nitrogen and oxygen atoms in total. The van der Waals surface area contributed by atoms with Crippen molar-refractivity contribution in [1.29, 1.82) is 0 Å². The molecule has 0 radical (unpaired) electrons. The fourth-order valence-electron chi connectivity index (χ4n) is 1.43. The summed E-state index contributed by atoms with van der Waals surface area (Å²) in [6, 6.07) is 1.70. The summed E-state index contributed by atoms with van der Waals surface area (Å²) in [6.45, 7) is 5.87. The zero-order chi connectivity index (χ0) is 13.7. The first kappa shape index (κ1) is 14.2. The lowest BCUT2D eigenvalue weighted by atomic mass is 10.2. The first-order chi connectivity index (χ1) is 8.40. The molecular formula is C12H19N3O3. The molecule has 0 fully saturated rings. The van der Waals surface area contributed by atoms with Gasteiger partial charge in [0.1, 0.15) is 12.1 Å². The molecule has 1 aromatic heterocycles. The van der Waals surface area contributed by atoms with Gasteiger partial charge in [0.05, 0.1) is 12.0 Å². The molecule has 1 atom stereocenters. The van der Waals surface area contributed by atoms with Gasteiger partial charge in [-0.1, -0.05) is 6.92 Å². The van der Waals surface area contributed by atoms with Crippen LogP contribution in [0.3, 0.4) is 0 Å². The largest absolute Gasteiger partial charge is 0.481 e. The van der Waals surface area contributed by atoms with Crippen LogP contribution >= 0.6 is 0 Å². The van der Waals surface area contributed by atoms with E-state index in [1.807, 2.05) is 13.8 Å². The molecule has 0 saturated heterocycles. The maximum absolute atomic E-state index is 10.8.